The quantitative estimate of drug-likeness (QED) is 0.864. The summed E-state index contributed by atoms with van der Waals surface area (Å²) in [6.45, 7) is 6.66. The Kier molecular flexibility index (Phi) is 5.52. The average Bonchev–Trinajstić information content (AvgIpc) is 2.28. The highest BCUT2D eigenvalue weighted by molar-refractivity contribution is 7.99. The van der Waals surface area contributed by atoms with Crippen molar-refractivity contribution in [3.05, 3.63) is 0 Å². The van der Waals surface area contributed by atoms with Gasteiger partial charge in [0.15, 0.2) is 0 Å². The molecule has 0 radical (unpaired) electrons. The summed E-state index contributed by atoms with van der Waals surface area (Å²) in [4.78, 5) is 24.7. The van der Waals surface area contributed by atoms with E-state index in [2.05, 4.69) is 0 Å². The van der Waals surface area contributed by atoms with Gasteiger partial charge in [0.05, 0.1) is 0 Å². The number of carbonyl (C=O) groups is 2. The number of aliphatic carboxylic acids is 1. The van der Waals surface area contributed by atoms with E-state index >= 15 is 0 Å². The van der Waals surface area contributed by atoms with Crippen LogP contribution in [0.25, 0.3) is 0 Å². The normalized spacial score (nSPS) is 19.1. The number of likely N-dealkylation sites (tertiary alicyclic amines) is 1. The number of ether oxygens (including phenoxy) is 1. The minimum atomic E-state index is -0.761. The molecule has 19 heavy (non-hydrogen) atoms. The molecule has 1 heterocycles. The summed E-state index contributed by atoms with van der Waals surface area (Å²) in [6, 6.07) is 0. The number of carbonyl (C=O) groups excluding carboxylic acids is 1. The third-order valence-corrected chi connectivity index (χ3v) is 4.21. The van der Waals surface area contributed by atoms with Crippen LogP contribution in [0, 0.1) is 5.92 Å². The molecule has 0 aromatic heterocycles. The zero-order valence-electron chi connectivity index (χ0n) is 12.0. The van der Waals surface area contributed by atoms with Gasteiger partial charge in [-0.15, -0.1) is 11.8 Å². The van der Waals surface area contributed by atoms with Gasteiger partial charge in [0.25, 0.3) is 0 Å². The van der Waals surface area contributed by atoms with Crippen LogP contribution in [0.2, 0.25) is 0 Å². The van der Waals surface area contributed by atoms with Crippen molar-refractivity contribution >= 4 is 23.8 Å². The van der Waals surface area contributed by atoms with Gasteiger partial charge in [0, 0.05) is 13.1 Å². The van der Waals surface area contributed by atoms with E-state index in [9.17, 15) is 9.59 Å². The molecule has 1 unspecified atom stereocenters. The van der Waals surface area contributed by atoms with E-state index in [4.69, 9.17) is 9.84 Å². The molecule has 1 atom stereocenters. The number of hydrogen-bond acceptors (Lipinski definition) is 4. The minimum absolute atomic E-state index is 0.131. The molecular weight excluding hydrogens is 266 g/mol. The predicted molar refractivity (Wildman–Crippen MR) is 75.5 cm³/mol. The molecule has 0 spiro atoms. The van der Waals surface area contributed by atoms with E-state index in [1.54, 1.807) is 4.90 Å². The van der Waals surface area contributed by atoms with Crippen LogP contribution in [0.15, 0.2) is 0 Å². The number of rotatable bonds is 3. The van der Waals surface area contributed by atoms with Crippen molar-refractivity contribution in [1.29, 1.82) is 0 Å². The van der Waals surface area contributed by atoms with Crippen molar-refractivity contribution < 1.29 is 19.4 Å². The Morgan fingerprint density at radius 1 is 1.32 bits per heavy atom. The van der Waals surface area contributed by atoms with Gasteiger partial charge in [-0.25, -0.2) is 4.79 Å². The number of carboxylic acids is 1. The predicted octanol–water partition coefficient (Wildman–Crippen LogP) is 2.45. The van der Waals surface area contributed by atoms with E-state index in [0.29, 0.717) is 13.1 Å². The van der Waals surface area contributed by atoms with Crippen molar-refractivity contribution in [2.75, 3.05) is 19.3 Å². The molecular formula is C13H23NO4S. The fourth-order valence-corrected chi connectivity index (χ4v) is 3.06. The lowest BCUT2D eigenvalue weighted by molar-refractivity contribution is -0.137. The summed E-state index contributed by atoms with van der Waals surface area (Å²) in [5, 5.41) is 8.75. The maximum Gasteiger partial charge on any atom is 0.410 e. The first-order valence-corrected chi connectivity index (χ1v) is 7.77. The van der Waals surface area contributed by atoms with Crippen LogP contribution in [0.4, 0.5) is 4.79 Å². The second-order valence-corrected chi connectivity index (χ2v) is 6.78. The Morgan fingerprint density at radius 2 is 1.84 bits per heavy atom. The molecule has 1 N–H and O–H groups in total. The number of nitrogens with zero attached hydrogens (tertiary/aromatic N) is 1. The van der Waals surface area contributed by atoms with Crippen LogP contribution in [0.1, 0.15) is 33.6 Å². The number of carboxylic acid groups (broad SMARTS) is 1. The maximum atomic E-state index is 11.9. The first-order valence-electron chi connectivity index (χ1n) is 6.48. The minimum Gasteiger partial charge on any atom is -0.480 e. The summed E-state index contributed by atoms with van der Waals surface area (Å²) >= 11 is 1.37. The second-order valence-electron chi connectivity index (χ2n) is 5.80. The van der Waals surface area contributed by atoms with Crippen molar-refractivity contribution in [2.24, 2.45) is 5.92 Å². The van der Waals surface area contributed by atoms with Crippen molar-refractivity contribution in [3.8, 4) is 0 Å². The maximum absolute atomic E-state index is 11.9. The van der Waals surface area contributed by atoms with E-state index in [1.807, 2.05) is 27.0 Å². The molecule has 1 amide bonds. The second kappa shape index (κ2) is 6.50. The summed E-state index contributed by atoms with van der Waals surface area (Å²) in [5.41, 5.74) is -0.489. The molecule has 0 bridgehead atoms. The fraction of sp³-hybridized carbons (Fsp3) is 0.846. The number of hydrogen-bond donors (Lipinski definition) is 1. The molecule has 1 aliphatic heterocycles. The van der Waals surface area contributed by atoms with Crippen molar-refractivity contribution in [3.63, 3.8) is 0 Å². The SMILES string of the molecule is CSC(C(=O)O)C1CCN(C(=O)OC(C)(C)C)CC1. The molecule has 0 saturated carbocycles. The third kappa shape index (κ3) is 4.93. The molecule has 6 heteroatoms. The first kappa shape index (κ1) is 16.1. The van der Waals surface area contributed by atoms with Gasteiger partial charge in [0.2, 0.25) is 0 Å². The number of piperidine rings is 1. The highest BCUT2D eigenvalue weighted by Gasteiger charge is 2.33. The van der Waals surface area contributed by atoms with Crippen LogP contribution in [0.3, 0.4) is 0 Å². The van der Waals surface area contributed by atoms with Crippen molar-refractivity contribution in [2.45, 2.75) is 44.5 Å². The fourth-order valence-electron chi connectivity index (χ4n) is 2.21. The van der Waals surface area contributed by atoms with Crippen LogP contribution in [-0.4, -0.2) is 52.3 Å². The lowest BCUT2D eigenvalue weighted by Crippen LogP contribution is -2.44. The molecule has 0 aromatic rings. The number of amides is 1. The lowest BCUT2D eigenvalue weighted by atomic mass is 9.93. The van der Waals surface area contributed by atoms with Crippen LogP contribution >= 0.6 is 11.8 Å². The van der Waals surface area contributed by atoms with Gasteiger partial charge >= 0.3 is 12.1 Å². The third-order valence-electron chi connectivity index (χ3n) is 3.12. The summed E-state index contributed by atoms with van der Waals surface area (Å²) < 4.78 is 5.31. The highest BCUT2D eigenvalue weighted by atomic mass is 32.2. The zero-order chi connectivity index (χ0) is 14.6. The van der Waals surface area contributed by atoms with Gasteiger partial charge in [0.1, 0.15) is 10.9 Å². The molecule has 1 aliphatic rings. The van der Waals surface area contributed by atoms with E-state index in [0.717, 1.165) is 12.8 Å². The van der Waals surface area contributed by atoms with E-state index in [1.165, 1.54) is 11.8 Å². The van der Waals surface area contributed by atoms with Gasteiger partial charge in [-0.1, -0.05) is 0 Å². The molecule has 1 saturated heterocycles. The Hall–Kier alpha value is -0.910. The summed E-state index contributed by atoms with van der Waals surface area (Å²) in [6.07, 6.45) is 2.95. The summed E-state index contributed by atoms with van der Waals surface area (Å²) in [5.74, 6) is -0.630. The molecule has 110 valence electrons. The zero-order valence-corrected chi connectivity index (χ0v) is 12.8. The molecule has 5 nitrogen and oxygen atoms in total. The topological polar surface area (TPSA) is 66.8 Å². The standard InChI is InChI=1S/C13H23NO4S/c1-13(2,3)18-12(17)14-7-5-9(6-8-14)10(19-4)11(15)16/h9-10H,5-8H2,1-4H3,(H,15,16). The monoisotopic (exact) mass is 289 g/mol. The van der Waals surface area contributed by atoms with E-state index < -0.39 is 11.6 Å². The molecule has 1 rings (SSSR count). The highest BCUT2D eigenvalue weighted by Crippen LogP contribution is 2.28. The average molecular weight is 289 g/mol. The van der Waals surface area contributed by atoms with Crippen LogP contribution < -0.4 is 0 Å². The molecule has 0 aromatic carbocycles. The smallest absolute Gasteiger partial charge is 0.410 e. The van der Waals surface area contributed by atoms with Gasteiger partial charge < -0.3 is 14.7 Å². The molecule has 1 fully saturated rings. The van der Waals surface area contributed by atoms with Gasteiger partial charge in [-0.05, 0) is 45.8 Å². The lowest BCUT2D eigenvalue weighted by Gasteiger charge is -2.35. The Morgan fingerprint density at radius 3 is 2.21 bits per heavy atom. The number of thioether (sulfide) groups is 1. The van der Waals surface area contributed by atoms with Crippen LogP contribution in [-0.2, 0) is 9.53 Å². The first-order chi connectivity index (χ1) is 8.74. The van der Waals surface area contributed by atoms with Gasteiger partial charge in [-0.3, -0.25) is 4.79 Å². The molecule has 0 aliphatic carbocycles. The van der Waals surface area contributed by atoms with Crippen molar-refractivity contribution in [1.82, 2.24) is 4.90 Å². The Labute approximate surface area is 118 Å². The van der Waals surface area contributed by atoms with E-state index in [-0.39, 0.29) is 17.3 Å². The largest absolute Gasteiger partial charge is 0.480 e. The Bertz CT molecular complexity index is 332. The van der Waals surface area contributed by atoms with Gasteiger partial charge in [-0.2, -0.15) is 0 Å². The van der Waals surface area contributed by atoms with Crippen LogP contribution in [0.5, 0.6) is 0 Å². The summed E-state index contributed by atoms with van der Waals surface area (Å²) in [7, 11) is 0. The Balaban J connectivity index is 2.49.